The second-order valence-corrected chi connectivity index (χ2v) is 1.84. The van der Waals surface area contributed by atoms with Crippen LogP contribution in [0.5, 0.6) is 0 Å². The molecule has 0 atom stereocenters. The van der Waals surface area contributed by atoms with E-state index < -0.39 is 0 Å². The molecule has 0 bridgehead atoms. The van der Waals surface area contributed by atoms with Gasteiger partial charge in [-0.3, -0.25) is 0 Å². The summed E-state index contributed by atoms with van der Waals surface area (Å²) in [6.07, 6.45) is 3.01. The fourth-order valence-electron chi connectivity index (χ4n) is 0.756. The number of rotatable bonds is 0. The molecular formula is C7H11N5. The van der Waals surface area contributed by atoms with Crippen LogP contribution in [0.15, 0.2) is 18.6 Å². The monoisotopic (exact) mass is 165 g/mol. The van der Waals surface area contributed by atoms with Gasteiger partial charge in [0.15, 0.2) is 0 Å². The van der Waals surface area contributed by atoms with Crippen molar-refractivity contribution in [1.82, 2.24) is 19.6 Å². The van der Waals surface area contributed by atoms with Gasteiger partial charge < -0.3 is 5.73 Å². The molecular weight excluding hydrogens is 154 g/mol. The molecule has 2 aromatic heterocycles. The number of hydrogen-bond donors (Lipinski definition) is 1. The summed E-state index contributed by atoms with van der Waals surface area (Å²) in [5.41, 5.74) is 5.52. The zero-order valence-corrected chi connectivity index (χ0v) is 7.10. The van der Waals surface area contributed by atoms with Crippen LogP contribution < -0.4 is 5.73 Å². The van der Waals surface area contributed by atoms with Crippen molar-refractivity contribution in [2.75, 3.05) is 5.73 Å². The van der Waals surface area contributed by atoms with Gasteiger partial charge in [-0.2, -0.15) is 14.6 Å². The molecule has 0 aliphatic carbocycles. The number of nitrogens with zero attached hydrogens (tertiary/aromatic N) is 4. The Morgan fingerprint density at radius 1 is 1.33 bits per heavy atom. The topological polar surface area (TPSA) is 69.1 Å². The zero-order chi connectivity index (χ0) is 8.97. The molecule has 2 heterocycles. The molecule has 2 aromatic rings. The van der Waals surface area contributed by atoms with Crippen molar-refractivity contribution in [2.45, 2.75) is 13.8 Å². The van der Waals surface area contributed by atoms with Gasteiger partial charge in [-0.25, -0.2) is 4.98 Å². The minimum atomic E-state index is 0.528. The summed E-state index contributed by atoms with van der Waals surface area (Å²) < 4.78 is 1.47. The lowest BCUT2D eigenvalue weighted by Crippen LogP contribution is -1.98. The highest BCUT2D eigenvalue weighted by molar-refractivity contribution is 5.37. The molecule has 0 unspecified atom stereocenters. The highest BCUT2D eigenvalue weighted by atomic mass is 15.3. The minimum Gasteiger partial charge on any atom is -0.383 e. The molecule has 12 heavy (non-hydrogen) atoms. The van der Waals surface area contributed by atoms with E-state index in [0.29, 0.717) is 11.6 Å². The highest BCUT2D eigenvalue weighted by Crippen LogP contribution is 1.99. The predicted molar refractivity (Wildman–Crippen MR) is 46.5 cm³/mol. The third-order valence-corrected chi connectivity index (χ3v) is 1.21. The van der Waals surface area contributed by atoms with Crippen LogP contribution >= 0.6 is 0 Å². The van der Waals surface area contributed by atoms with Crippen LogP contribution in [0.2, 0.25) is 0 Å². The fraction of sp³-hybridized carbons (Fsp3) is 0.286. The van der Waals surface area contributed by atoms with Gasteiger partial charge >= 0.3 is 0 Å². The van der Waals surface area contributed by atoms with Gasteiger partial charge in [0.1, 0.15) is 12.1 Å². The number of aromatic nitrogens is 4. The third kappa shape index (κ3) is 1.34. The molecule has 0 amide bonds. The molecule has 0 aliphatic heterocycles. The van der Waals surface area contributed by atoms with Crippen molar-refractivity contribution < 1.29 is 0 Å². The number of nitrogens with two attached hydrogens (primary N) is 1. The lowest BCUT2D eigenvalue weighted by atomic mass is 10.6. The Kier molecular flexibility index (Phi) is 2.57. The largest absolute Gasteiger partial charge is 0.383 e. The van der Waals surface area contributed by atoms with Gasteiger partial charge in [0.25, 0.3) is 5.78 Å². The first-order valence-corrected chi connectivity index (χ1v) is 3.78. The Balaban J connectivity index is 0.000000336. The smallest absolute Gasteiger partial charge is 0.254 e. The van der Waals surface area contributed by atoms with Gasteiger partial charge in [0.2, 0.25) is 0 Å². The average Bonchev–Trinajstić information content (AvgIpc) is 2.57. The van der Waals surface area contributed by atoms with Crippen LogP contribution in [0, 0.1) is 0 Å². The van der Waals surface area contributed by atoms with Crippen LogP contribution in [0.3, 0.4) is 0 Å². The van der Waals surface area contributed by atoms with Crippen molar-refractivity contribution in [3.63, 3.8) is 0 Å². The maximum absolute atomic E-state index is 5.52. The van der Waals surface area contributed by atoms with Crippen LogP contribution in [-0.4, -0.2) is 19.6 Å². The molecule has 0 saturated carbocycles. The first-order valence-electron chi connectivity index (χ1n) is 3.78. The zero-order valence-electron chi connectivity index (χ0n) is 7.10. The van der Waals surface area contributed by atoms with E-state index in [1.807, 2.05) is 13.8 Å². The van der Waals surface area contributed by atoms with E-state index in [2.05, 4.69) is 15.1 Å². The number of hydrogen-bond acceptors (Lipinski definition) is 4. The van der Waals surface area contributed by atoms with E-state index in [1.54, 1.807) is 12.3 Å². The molecule has 5 heteroatoms. The maximum Gasteiger partial charge on any atom is 0.254 e. The summed E-state index contributed by atoms with van der Waals surface area (Å²) >= 11 is 0. The van der Waals surface area contributed by atoms with Crippen molar-refractivity contribution in [2.24, 2.45) is 0 Å². The van der Waals surface area contributed by atoms with Crippen molar-refractivity contribution in [3.8, 4) is 0 Å². The number of nitrogen functional groups attached to an aromatic ring is 1. The number of anilines is 1. The molecule has 2 N–H and O–H groups in total. The maximum atomic E-state index is 5.52. The lowest BCUT2D eigenvalue weighted by Gasteiger charge is -1.92. The van der Waals surface area contributed by atoms with Gasteiger partial charge in [-0.15, -0.1) is 0 Å². The molecule has 0 aliphatic rings. The summed E-state index contributed by atoms with van der Waals surface area (Å²) in [7, 11) is 0. The predicted octanol–water partition coefficient (Wildman–Crippen LogP) is 0.733. The molecule has 0 saturated heterocycles. The van der Waals surface area contributed by atoms with Crippen molar-refractivity contribution >= 4 is 11.6 Å². The van der Waals surface area contributed by atoms with Crippen molar-refractivity contribution in [3.05, 3.63) is 18.6 Å². The van der Waals surface area contributed by atoms with E-state index in [-0.39, 0.29) is 0 Å². The van der Waals surface area contributed by atoms with Gasteiger partial charge in [0.05, 0.1) is 0 Å². The average molecular weight is 165 g/mol. The summed E-state index contributed by atoms with van der Waals surface area (Å²) in [5, 5.41) is 3.84. The van der Waals surface area contributed by atoms with Crippen LogP contribution in [0.4, 0.5) is 5.82 Å². The van der Waals surface area contributed by atoms with Gasteiger partial charge in [0, 0.05) is 6.20 Å². The lowest BCUT2D eigenvalue weighted by molar-refractivity contribution is 0.952. The standard InChI is InChI=1S/C5H5N5.C2H6/c6-4-1-2-7-5-8-3-9-10(4)5;1-2/h1-3H,6H2;1-2H3. The Morgan fingerprint density at radius 2 is 2.08 bits per heavy atom. The molecule has 0 radical (unpaired) electrons. The second-order valence-electron chi connectivity index (χ2n) is 1.84. The van der Waals surface area contributed by atoms with Crippen molar-refractivity contribution in [1.29, 1.82) is 0 Å². The summed E-state index contributed by atoms with van der Waals surface area (Å²) in [6, 6.07) is 1.67. The summed E-state index contributed by atoms with van der Waals surface area (Å²) in [6.45, 7) is 4.00. The first-order chi connectivity index (χ1) is 5.88. The second kappa shape index (κ2) is 3.66. The van der Waals surface area contributed by atoms with Crippen LogP contribution in [0.1, 0.15) is 13.8 Å². The summed E-state index contributed by atoms with van der Waals surface area (Å²) in [4.78, 5) is 7.75. The van der Waals surface area contributed by atoms with E-state index >= 15 is 0 Å². The summed E-state index contributed by atoms with van der Waals surface area (Å²) in [5.74, 6) is 1.07. The van der Waals surface area contributed by atoms with Crippen LogP contribution in [-0.2, 0) is 0 Å². The Hall–Kier alpha value is -1.65. The molecule has 0 aromatic carbocycles. The Labute approximate surface area is 70.3 Å². The normalized spacial score (nSPS) is 9.17. The molecule has 64 valence electrons. The van der Waals surface area contributed by atoms with Gasteiger partial charge in [-0.1, -0.05) is 13.8 Å². The molecule has 5 nitrogen and oxygen atoms in total. The van der Waals surface area contributed by atoms with E-state index in [0.717, 1.165) is 0 Å². The first kappa shape index (κ1) is 8.45. The fourth-order valence-corrected chi connectivity index (χ4v) is 0.756. The molecule has 2 rings (SSSR count). The number of fused-ring (bicyclic) bond motifs is 1. The highest BCUT2D eigenvalue weighted by Gasteiger charge is 1.96. The van der Waals surface area contributed by atoms with Gasteiger partial charge in [-0.05, 0) is 6.07 Å². The Morgan fingerprint density at radius 3 is 2.75 bits per heavy atom. The Bertz CT molecular complexity index is 353. The van der Waals surface area contributed by atoms with E-state index in [9.17, 15) is 0 Å². The SMILES string of the molecule is CC.Nc1ccnc2ncnn12. The molecule has 0 spiro atoms. The third-order valence-electron chi connectivity index (χ3n) is 1.21. The minimum absolute atomic E-state index is 0.528. The van der Waals surface area contributed by atoms with Crippen LogP contribution in [0.25, 0.3) is 5.78 Å². The molecule has 0 fully saturated rings. The quantitative estimate of drug-likeness (QED) is 0.624. The van der Waals surface area contributed by atoms with E-state index in [1.165, 1.54) is 10.8 Å². The van der Waals surface area contributed by atoms with E-state index in [4.69, 9.17) is 5.73 Å².